The molecule has 0 saturated carbocycles. The Kier molecular flexibility index (Phi) is 14.1. The van der Waals surface area contributed by atoms with E-state index in [1.165, 1.54) is 4.90 Å². The molecule has 2 aromatic rings. The molecule has 4 N–H and O–H groups in total. The van der Waals surface area contributed by atoms with Gasteiger partial charge in [-0.3, -0.25) is 23.8 Å². The van der Waals surface area contributed by atoms with E-state index in [0.717, 1.165) is 16.0 Å². The van der Waals surface area contributed by atoms with Crippen molar-refractivity contribution in [2.75, 3.05) is 32.7 Å². The van der Waals surface area contributed by atoms with Gasteiger partial charge in [0.1, 0.15) is 5.52 Å². The summed E-state index contributed by atoms with van der Waals surface area (Å²) >= 11 is 0. The van der Waals surface area contributed by atoms with Crippen molar-refractivity contribution in [3.8, 4) is 0 Å². The topological polar surface area (TPSA) is 215 Å². The molecule has 2 fully saturated rings. The Morgan fingerprint density at radius 3 is 1.79 bits per heavy atom. The summed E-state index contributed by atoms with van der Waals surface area (Å²) in [5.74, 6) is -1.69. The molecule has 216 valence electrons. The second-order valence-corrected chi connectivity index (χ2v) is 13.0. The van der Waals surface area contributed by atoms with Crippen LogP contribution in [0, 0.1) is 0 Å². The Bertz CT molecular complexity index is 1260. The van der Waals surface area contributed by atoms with Crippen molar-refractivity contribution in [1.29, 1.82) is 0 Å². The average molecular weight is 640 g/mol. The van der Waals surface area contributed by atoms with E-state index in [0.29, 0.717) is 0 Å². The van der Waals surface area contributed by atoms with Crippen LogP contribution in [0.4, 0.5) is 0 Å². The monoisotopic (exact) mass is 640 g/mol. The fraction of sp³-hybridized carbons (Fsp3) is 0.375. The molecule has 2 heterocycles. The van der Waals surface area contributed by atoms with Gasteiger partial charge in [-0.05, 0) is 18.7 Å². The van der Waals surface area contributed by atoms with Gasteiger partial charge in [0.15, 0.2) is 12.2 Å². The van der Waals surface area contributed by atoms with Crippen molar-refractivity contribution in [3.05, 3.63) is 71.8 Å². The Hall–Kier alpha value is -0.930. The number of carbonyl (C=O) groups excluding carboxylic acids is 3. The molecule has 2 aliphatic rings. The van der Waals surface area contributed by atoms with E-state index >= 15 is 0 Å². The van der Waals surface area contributed by atoms with E-state index in [9.17, 15) is 43.1 Å². The number of ether oxygens (including phenoxy) is 1. The van der Waals surface area contributed by atoms with Crippen molar-refractivity contribution in [3.63, 3.8) is 0 Å². The molecular weight excluding hydrogens is 612 g/mol. The largest absolute Gasteiger partial charge is 1.00 e. The summed E-state index contributed by atoms with van der Waals surface area (Å²) in [6.07, 6.45) is -2.11. The van der Waals surface area contributed by atoms with Gasteiger partial charge in [0.25, 0.3) is 11.8 Å². The number of nitrogens with one attached hydrogen (secondary N) is 2. The minimum atomic E-state index is -5.64. The minimum Gasteiger partial charge on any atom is -0.809 e. The van der Waals surface area contributed by atoms with E-state index in [1.807, 2.05) is 60.7 Å². The zero-order valence-corrected chi connectivity index (χ0v) is 28.9. The maximum atomic E-state index is 12.9. The van der Waals surface area contributed by atoms with Crippen LogP contribution >= 0.6 is 15.2 Å². The molecule has 2 aliphatic heterocycles. The number of hydrogen-bond acceptors (Lipinski definition) is 9. The summed E-state index contributed by atoms with van der Waals surface area (Å²) in [5.41, 5.74) is -0.819. The second kappa shape index (κ2) is 15.9. The van der Waals surface area contributed by atoms with Gasteiger partial charge in [-0.1, -0.05) is 60.7 Å². The van der Waals surface area contributed by atoms with Crippen molar-refractivity contribution < 1.29 is 107 Å². The molecule has 4 rings (SSSR count). The first kappa shape index (κ1) is 37.3. The number of rotatable bonds is 10. The first-order valence-corrected chi connectivity index (χ1v) is 15.6. The number of amides is 3. The van der Waals surface area contributed by atoms with Crippen molar-refractivity contribution in [2.24, 2.45) is 0 Å². The third-order valence-corrected chi connectivity index (χ3v) is 10.1. The van der Waals surface area contributed by atoms with Crippen LogP contribution in [0.1, 0.15) is 17.2 Å². The van der Waals surface area contributed by atoms with Crippen LogP contribution in [0.5, 0.6) is 0 Å². The molecule has 1 unspecified atom stereocenters. The van der Waals surface area contributed by atoms with Crippen LogP contribution in [0.3, 0.4) is 0 Å². The quantitative estimate of drug-likeness (QED) is 0.109. The van der Waals surface area contributed by atoms with Gasteiger partial charge in [0, 0.05) is 26.2 Å². The molecule has 3 atom stereocenters. The fourth-order valence-electron chi connectivity index (χ4n) is 4.56. The molecule has 2 aromatic carbocycles. The number of epoxide rings is 1. The number of carbonyl (C=O) groups is 3. The third-order valence-electron chi connectivity index (χ3n) is 6.55. The van der Waals surface area contributed by atoms with E-state index in [2.05, 4.69) is 10.6 Å². The predicted molar refractivity (Wildman–Crippen MR) is 136 cm³/mol. The smallest absolute Gasteiger partial charge is 0.809 e. The van der Waals surface area contributed by atoms with Gasteiger partial charge in [0.2, 0.25) is 5.91 Å². The summed E-state index contributed by atoms with van der Waals surface area (Å²) in [4.78, 5) is 81.4. The van der Waals surface area contributed by atoms with Gasteiger partial charge < -0.3 is 44.4 Å². The van der Waals surface area contributed by atoms with E-state index in [1.54, 1.807) is 0 Å². The number of benzene rings is 2. The second-order valence-electron chi connectivity index (χ2n) is 9.35. The van der Waals surface area contributed by atoms with Gasteiger partial charge in [-0.25, -0.2) is 0 Å². The molecule has 3 amide bonds. The van der Waals surface area contributed by atoms with Crippen molar-refractivity contribution in [1.82, 2.24) is 20.4 Å². The first-order valence-electron chi connectivity index (χ1n) is 12.3. The maximum absolute atomic E-state index is 12.9. The summed E-state index contributed by atoms with van der Waals surface area (Å²) in [6.45, 7) is -1.19. The Balaban J connectivity index is 0.00000308. The van der Waals surface area contributed by atoms with Crippen LogP contribution in [0.15, 0.2) is 60.7 Å². The van der Waals surface area contributed by atoms with E-state index in [4.69, 9.17) is 4.74 Å². The zero-order valence-electron chi connectivity index (χ0n) is 23.1. The Morgan fingerprint density at radius 1 is 0.857 bits per heavy atom. The fourth-order valence-corrected chi connectivity index (χ4v) is 7.32. The molecular formula is C24H28N4Na2O10P2. The first-order chi connectivity index (χ1) is 18.9. The van der Waals surface area contributed by atoms with Gasteiger partial charge in [-0.15, -0.1) is 0 Å². The minimum absolute atomic E-state index is 0. The Labute approximate surface area is 286 Å². The summed E-state index contributed by atoms with van der Waals surface area (Å²) in [7, 11) is -10.9. The molecule has 0 aliphatic carbocycles. The maximum Gasteiger partial charge on any atom is 1.00 e. The normalized spacial score (nSPS) is 19.6. The molecule has 0 aromatic heterocycles. The summed E-state index contributed by atoms with van der Waals surface area (Å²) in [5, 5.41) is 5.31. The van der Waals surface area contributed by atoms with E-state index < -0.39 is 63.2 Å². The van der Waals surface area contributed by atoms with E-state index in [-0.39, 0.29) is 85.3 Å². The number of nitrogens with zero attached hydrogens (tertiary/aromatic N) is 2. The number of piperazine rings is 1. The zero-order chi connectivity index (χ0) is 29.1. The van der Waals surface area contributed by atoms with Crippen LogP contribution < -0.4 is 79.5 Å². The average Bonchev–Trinajstić information content (AvgIpc) is 3.71. The van der Waals surface area contributed by atoms with Gasteiger partial charge in [-0.2, -0.15) is 0 Å². The molecule has 42 heavy (non-hydrogen) atoms. The predicted octanol–water partition coefficient (Wildman–Crippen LogP) is -7.70. The Morgan fingerprint density at radius 2 is 1.33 bits per heavy atom. The van der Waals surface area contributed by atoms with Crippen molar-refractivity contribution in [2.45, 2.75) is 23.8 Å². The summed E-state index contributed by atoms with van der Waals surface area (Å²) < 4.78 is 28.2. The molecule has 0 bridgehead atoms. The SMILES string of the molecule is O=C(NCC(=O)N1CCN(C(P(=O)([O-])[O-])P(=O)(O)O)CC1)[C@H]1O[C@@H]1C(=O)NC(c1ccccc1)c1ccccc1.[Na+].[Na+]. The molecule has 0 radical (unpaired) electrons. The third kappa shape index (κ3) is 9.79. The van der Waals surface area contributed by atoms with Crippen LogP contribution in [-0.4, -0.2) is 87.8 Å². The summed E-state index contributed by atoms with van der Waals surface area (Å²) in [6, 6.07) is 18.1. The van der Waals surface area contributed by atoms with Crippen LogP contribution in [0.25, 0.3) is 0 Å². The van der Waals surface area contributed by atoms with Gasteiger partial charge >= 0.3 is 66.7 Å². The van der Waals surface area contributed by atoms with Crippen LogP contribution in [0.2, 0.25) is 0 Å². The molecule has 14 nitrogen and oxygen atoms in total. The molecule has 18 heteroatoms. The van der Waals surface area contributed by atoms with Crippen LogP contribution in [-0.2, 0) is 28.3 Å². The molecule has 0 spiro atoms. The van der Waals surface area contributed by atoms with Gasteiger partial charge in [0.05, 0.1) is 12.6 Å². The standard InChI is InChI=1S/C24H30N4O10P2.2Na/c29-18(27-11-13-28(14-12-27)24(39(32,33)34)40(35,36)37)15-25-22(30)20-21(38-20)23(31)26-19(16-7-3-1-4-8-16)17-9-5-2-6-10-17;;/h1-10,19-21,24H,11-15H2,(H,25,30)(H,26,31)(H2,32,33,34)(H2,35,36,37);;/q;2*+1/p-2/t20-,21-;;/m0../s1. The van der Waals surface area contributed by atoms with Crippen molar-refractivity contribution >= 4 is 32.9 Å². The molecule has 2 saturated heterocycles. The number of hydrogen-bond donors (Lipinski definition) is 4.